The number of benzene rings is 1. The van der Waals surface area contributed by atoms with E-state index in [-0.39, 0.29) is 6.61 Å². The van der Waals surface area contributed by atoms with E-state index in [4.69, 9.17) is 16.7 Å². The largest absolute Gasteiger partial charge is 0.396 e. The molecule has 78 valence electrons. The molecule has 14 heavy (non-hydrogen) atoms. The molecule has 0 bridgehead atoms. The van der Waals surface area contributed by atoms with Crippen LogP contribution in [-0.4, -0.2) is 17.5 Å². The van der Waals surface area contributed by atoms with Crippen molar-refractivity contribution in [2.45, 2.75) is 18.6 Å². The predicted octanol–water partition coefficient (Wildman–Crippen LogP) is 3.52. The summed E-state index contributed by atoms with van der Waals surface area (Å²) in [6.45, 7) is 2.45. The fourth-order valence-corrected chi connectivity index (χ4v) is 2.28. The topological polar surface area (TPSA) is 20.2 Å². The van der Waals surface area contributed by atoms with Crippen molar-refractivity contribution in [2.24, 2.45) is 0 Å². The molecule has 1 atom stereocenters. The molecule has 0 amide bonds. The number of aliphatic hydroxyl groups is 1. The summed E-state index contributed by atoms with van der Waals surface area (Å²) in [5.41, 5.74) is 1.29. The molecule has 1 nitrogen and oxygen atoms in total. The van der Waals surface area contributed by atoms with Crippen molar-refractivity contribution in [1.29, 1.82) is 0 Å². The summed E-state index contributed by atoms with van der Waals surface area (Å²) in [5, 5.41) is 9.91. The van der Waals surface area contributed by atoms with Gasteiger partial charge in [0.1, 0.15) is 0 Å². The van der Waals surface area contributed by atoms with E-state index in [1.807, 2.05) is 23.9 Å². The molecule has 1 rings (SSSR count). The molecule has 0 aromatic heterocycles. The maximum absolute atomic E-state index is 8.66. The van der Waals surface area contributed by atoms with Crippen LogP contribution in [0.5, 0.6) is 0 Å². The number of rotatable bonds is 5. The summed E-state index contributed by atoms with van der Waals surface area (Å²) in [4.78, 5) is 0. The van der Waals surface area contributed by atoms with Crippen molar-refractivity contribution in [3.63, 3.8) is 0 Å². The van der Waals surface area contributed by atoms with Gasteiger partial charge in [0.25, 0.3) is 0 Å². The van der Waals surface area contributed by atoms with E-state index in [0.29, 0.717) is 5.25 Å². The lowest BCUT2D eigenvalue weighted by molar-refractivity contribution is 0.296. The molecule has 1 aromatic carbocycles. The van der Waals surface area contributed by atoms with Crippen LogP contribution in [0.25, 0.3) is 0 Å². The Labute approximate surface area is 94.5 Å². The van der Waals surface area contributed by atoms with Crippen LogP contribution >= 0.6 is 23.4 Å². The van der Waals surface area contributed by atoms with Gasteiger partial charge in [-0.3, -0.25) is 0 Å². The van der Waals surface area contributed by atoms with Crippen molar-refractivity contribution in [3.8, 4) is 0 Å². The summed E-state index contributed by atoms with van der Waals surface area (Å²) < 4.78 is 0. The molecule has 0 radical (unpaired) electrons. The van der Waals surface area contributed by atoms with Crippen LogP contribution in [0.2, 0.25) is 5.02 Å². The highest BCUT2D eigenvalue weighted by atomic mass is 35.5. The van der Waals surface area contributed by atoms with Crippen LogP contribution in [0.1, 0.15) is 24.2 Å². The van der Waals surface area contributed by atoms with Gasteiger partial charge in [-0.2, -0.15) is 11.8 Å². The maximum Gasteiger partial charge on any atom is 0.0438 e. The van der Waals surface area contributed by atoms with Crippen molar-refractivity contribution in [3.05, 3.63) is 34.9 Å². The minimum Gasteiger partial charge on any atom is -0.396 e. The average Bonchev–Trinajstić information content (AvgIpc) is 2.19. The first-order valence-electron chi connectivity index (χ1n) is 4.72. The van der Waals surface area contributed by atoms with Crippen molar-refractivity contribution in [1.82, 2.24) is 0 Å². The van der Waals surface area contributed by atoms with Crippen LogP contribution in [0, 0.1) is 0 Å². The second-order valence-electron chi connectivity index (χ2n) is 3.14. The Morgan fingerprint density at radius 1 is 1.36 bits per heavy atom. The zero-order valence-electron chi connectivity index (χ0n) is 8.24. The highest BCUT2D eigenvalue weighted by Gasteiger charge is 2.04. The van der Waals surface area contributed by atoms with Gasteiger partial charge in [-0.15, -0.1) is 0 Å². The van der Waals surface area contributed by atoms with Gasteiger partial charge in [-0.1, -0.05) is 23.7 Å². The van der Waals surface area contributed by atoms with E-state index < -0.39 is 0 Å². The average molecular weight is 231 g/mol. The van der Waals surface area contributed by atoms with Crippen LogP contribution < -0.4 is 0 Å². The Kier molecular flexibility index (Phi) is 5.38. The molecule has 1 unspecified atom stereocenters. The van der Waals surface area contributed by atoms with Gasteiger partial charge in [-0.25, -0.2) is 0 Å². The van der Waals surface area contributed by atoms with Crippen molar-refractivity contribution < 1.29 is 5.11 Å². The summed E-state index contributed by atoms with van der Waals surface area (Å²) in [5.74, 6) is 1.00. The Balaban J connectivity index is 2.43. The fourth-order valence-electron chi connectivity index (χ4n) is 1.15. The van der Waals surface area contributed by atoms with Gasteiger partial charge >= 0.3 is 0 Å². The molecule has 0 saturated carbocycles. The first-order valence-corrected chi connectivity index (χ1v) is 6.14. The van der Waals surface area contributed by atoms with E-state index in [1.165, 1.54) is 5.56 Å². The van der Waals surface area contributed by atoms with E-state index >= 15 is 0 Å². The number of hydrogen-bond acceptors (Lipinski definition) is 2. The summed E-state index contributed by atoms with van der Waals surface area (Å²) in [7, 11) is 0. The van der Waals surface area contributed by atoms with E-state index in [1.54, 1.807) is 0 Å². The minimum absolute atomic E-state index is 0.278. The number of hydrogen-bond donors (Lipinski definition) is 1. The highest BCUT2D eigenvalue weighted by molar-refractivity contribution is 7.99. The van der Waals surface area contributed by atoms with Gasteiger partial charge in [-0.05, 0) is 36.8 Å². The molecule has 0 heterocycles. The number of halogens is 1. The lowest BCUT2D eigenvalue weighted by Crippen LogP contribution is -1.92. The lowest BCUT2D eigenvalue weighted by Gasteiger charge is -2.10. The van der Waals surface area contributed by atoms with Gasteiger partial charge in [0.15, 0.2) is 0 Å². The SMILES string of the molecule is CC(SCCCO)c1ccc(Cl)cc1. The second-order valence-corrected chi connectivity index (χ2v) is 5.03. The predicted molar refractivity (Wildman–Crippen MR) is 64.0 cm³/mol. The van der Waals surface area contributed by atoms with Gasteiger partial charge < -0.3 is 5.11 Å². The molecular formula is C11H15ClOS. The molecule has 1 aromatic rings. The van der Waals surface area contributed by atoms with E-state index in [0.717, 1.165) is 17.2 Å². The van der Waals surface area contributed by atoms with Crippen molar-refractivity contribution >= 4 is 23.4 Å². The molecule has 0 saturated heterocycles. The summed E-state index contributed by atoms with van der Waals surface area (Å²) in [6, 6.07) is 7.94. The van der Waals surface area contributed by atoms with E-state index in [2.05, 4.69) is 19.1 Å². The number of thioether (sulfide) groups is 1. The monoisotopic (exact) mass is 230 g/mol. The van der Waals surface area contributed by atoms with Crippen molar-refractivity contribution in [2.75, 3.05) is 12.4 Å². The molecule has 0 aliphatic carbocycles. The van der Waals surface area contributed by atoms with Crippen LogP contribution in [0.3, 0.4) is 0 Å². The van der Waals surface area contributed by atoms with E-state index in [9.17, 15) is 0 Å². The summed E-state index contributed by atoms with van der Waals surface area (Å²) >= 11 is 7.66. The summed E-state index contributed by atoms with van der Waals surface area (Å²) in [6.07, 6.45) is 0.864. The first-order chi connectivity index (χ1) is 6.74. The minimum atomic E-state index is 0.278. The molecule has 0 aliphatic rings. The second kappa shape index (κ2) is 6.33. The smallest absolute Gasteiger partial charge is 0.0438 e. The third-order valence-corrected chi connectivity index (χ3v) is 3.56. The molecule has 0 spiro atoms. The quantitative estimate of drug-likeness (QED) is 0.782. The highest BCUT2D eigenvalue weighted by Crippen LogP contribution is 2.29. The number of aliphatic hydroxyl groups excluding tert-OH is 1. The Bertz CT molecular complexity index is 260. The fraction of sp³-hybridized carbons (Fsp3) is 0.455. The van der Waals surface area contributed by atoms with Crippen LogP contribution in [0.4, 0.5) is 0 Å². The van der Waals surface area contributed by atoms with Gasteiger partial charge in [0.05, 0.1) is 0 Å². The lowest BCUT2D eigenvalue weighted by atomic mass is 10.2. The molecule has 0 aliphatic heterocycles. The first kappa shape index (κ1) is 11.9. The maximum atomic E-state index is 8.66. The van der Waals surface area contributed by atoms with Gasteiger partial charge in [0, 0.05) is 16.9 Å². The molecular weight excluding hydrogens is 216 g/mol. The Morgan fingerprint density at radius 3 is 2.57 bits per heavy atom. The third-order valence-electron chi connectivity index (χ3n) is 2.01. The zero-order valence-corrected chi connectivity index (χ0v) is 9.81. The normalized spacial score (nSPS) is 12.8. The zero-order chi connectivity index (χ0) is 10.4. The van der Waals surface area contributed by atoms with Crippen LogP contribution in [-0.2, 0) is 0 Å². The molecule has 1 N–H and O–H groups in total. The standard InChI is InChI=1S/C11H15ClOS/c1-9(14-8-2-7-13)10-3-5-11(12)6-4-10/h3-6,9,13H,2,7-8H2,1H3. The van der Waals surface area contributed by atoms with Gasteiger partial charge in [0.2, 0.25) is 0 Å². The Hall–Kier alpha value is -0.180. The molecule has 3 heteroatoms. The van der Waals surface area contributed by atoms with Crippen LogP contribution in [0.15, 0.2) is 24.3 Å². The Morgan fingerprint density at radius 2 is 2.00 bits per heavy atom. The molecule has 0 fully saturated rings. The third kappa shape index (κ3) is 3.91.